The molecule has 6 rings (SSSR count). The fourth-order valence-electron chi connectivity index (χ4n) is 5.17. The lowest BCUT2D eigenvalue weighted by molar-refractivity contribution is 0.477. The van der Waals surface area contributed by atoms with Crippen LogP contribution in [0.25, 0.3) is 53.9 Å². The Balaban J connectivity index is 1.66. The fraction of sp³-hybridized carbons (Fsp3) is 0.222. The molecule has 0 bridgehead atoms. The second kappa shape index (κ2) is 9.57. The van der Waals surface area contributed by atoms with Crippen LogP contribution in [0.4, 0.5) is 0 Å². The molecule has 0 spiro atoms. The third-order valence-corrected chi connectivity index (χ3v) is 8.60. The van der Waals surface area contributed by atoms with Gasteiger partial charge in [0.2, 0.25) is 0 Å². The summed E-state index contributed by atoms with van der Waals surface area (Å²) in [5, 5.41) is 13.8. The second-order valence-corrected chi connectivity index (χ2v) is 13.6. The van der Waals surface area contributed by atoms with Gasteiger partial charge in [-0.25, -0.2) is 4.98 Å². The van der Waals surface area contributed by atoms with Crippen LogP contribution < -0.4 is 0 Å². The molecule has 0 unspecified atom stereocenters. The largest absolute Gasteiger partial charge is 0.507 e. The number of thiazole rings is 1. The Morgan fingerprint density at radius 1 is 0.675 bits per heavy atom. The predicted molar refractivity (Wildman–Crippen MR) is 170 cm³/mol. The van der Waals surface area contributed by atoms with Gasteiger partial charge in [-0.2, -0.15) is 0 Å². The molecule has 0 saturated carbocycles. The van der Waals surface area contributed by atoms with Crippen molar-refractivity contribution in [2.24, 2.45) is 0 Å². The van der Waals surface area contributed by atoms with E-state index in [0.29, 0.717) is 0 Å². The number of phenolic OH excluding ortho intramolecular Hbond substituents is 1. The van der Waals surface area contributed by atoms with Gasteiger partial charge in [-0.15, -0.1) is 11.3 Å². The van der Waals surface area contributed by atoms with Gasteiger partial charge in [0.25, 0.3) is 0 Å². The third kappa shape index (κ3) is 4.77. The van der Waals surface area contributed by atoms with Gasteiger partial charge in [0.15, 0.2) is 0 Å². The van der Waals surface area contributed by atoms with E-state index in [4.69, 9.17) is 9.97 Å². The Morgan fingerprint density at radius 3 is 2.15 bits per heavy atom. The normalized spacial score (nSPS) is 12.3. The van der Waals surface area contributed by atoms with E-state index in [1.165, 1.54) is 21.9 Å². The van der Waals surface area contributed by atoms with E-state index in [1.54, 1.807) is 17.4 Å². The van der Waals surface area contributed by atoms with Crippen LogP contribution in [0.1, 0.15) is 52.7 Å². The SMILES string of the molecule is CC(C)(C)c1ccnc(-c2cc(-c3cc(C(C)(C)C)cc4sc(-c5ccccc5O)nc34)c3ccccc3c2)c1. The molecule has 0 saturated heterocycles. The van der Waals surface area contributed by atoms with Gasteiger partial charge >= 0.3 is 0 Å². The molecular weight excluding hydrogens is 508 g/mol. The van der Waals surface area contributed by atoms with Crippen molar-refractivity contribution in [3.05, 3.63) is 102 Å². The molecule has 0 aliphatic rings. The molecule has 0 atom stereocenters. The van der Waals surface area contributed by atoms with Crippen LogP contribution in [-0.2, 0) is 10.8 Å². The molecule has 0 amide bonds. The summed E-state index contributed by atoms with van der Waals surface area (Å²) in [6, 6.07) is 29.4. The molecule has 0 radical (unpaired) electrons. The van der Waals surface area contributed by atoms with Crippen LogP contribution in [0.15, 0.2) is 91.1 Å². The van der Waals surface area contributed by atoms with Gasteiger partial charge in [0, 0.05) is 17.3 Å². The first-order valence-corrected chi connectivity index (χ1v) is 14.5. The second-order valence-electron chi connectivity index (χ2n) is 12.6. The minimum atomic E-state index is -0.0437. The molecule has 40 heavy (non-hydrogen) atoms. The van der Waals surface area contributed by atoms with E-state index in [-0.39, 0.29) is 16.6 Å². The van der Waals surface area contributed by atoms with E-state index in [0.717, 1.165) is 43.2 Å². The molecule has 0 fully saturated rings. The molecule has 2 heterocycles. The lowest BCUT2D eigenvalue weighted by atomic mass is 9.84. The molecule has 6 aromatic rings. The molecule has 200 valence electrons. The van der Waals surface area contributed by atoms with Crippen molar-refractivity contribution in [3.8, 4) is 38.7 Å². The Labute approximate surface area is 240 Å². The zero-order chi connectivity index (χ0) is 28.2. The molecular formula is C36H34N2OS. The number of pyridine rings is 1. The lowest BCUT2D eigenvalue weighted by Gasteiger charge is -2.21. The number of hydrogen-bond acceptors (Lipinski definition) is 4. The summed E-state index contributed by atoms with van der Waals surface area (Å²) >= 11 is 1.63. The smallest absolute Gasteiger partial charge is 0.128 e. The number of para-hydroxylation sites is 1. The number of fused-ring (bicyclic) bond motifs is 2. The van der Waals surface area contributed by atoms with Crippen LogP contribution in [0.3, 0.4) is 0 Å². The minimum absolute atomic E-state index is 0.0323. The summed E-state index contributed by atoms with van der Waals surface area (Å²) in [6.45, 7) is 13.4. The van der Waals surface area contributed by atoms with Gasteiger partial charge in [0.05, 0.1) is 21.5 Å². The molecule has 3 nitrogen and oxygen atoms in total. The summed E-state index contributed by atoms with van der Waals surface area (Å²) in [5.74, 6) is 0.247. The Bertz CT molecular complexity index is 1890. The highest BCUT2D eigenvalue weighted by Gasteiger charge is 2.22. The van der Waals surface area contributed by atoms with Crippen LogP contribution in [-0.4, -0.2) is 15.1 Å². The van der Waals surface area contributed by atoms with Gasteiger partial charge in [-0.1, -0.05) is 77.9 Å². The van der Waals surface area contributed by atoms with E-state index in [2.05, 4.69) is 102 Å². The minimum Gasteiger partial charge on any atom is -0.507 e. The zero-order valence-corrected chi connectivity index (χ0v) is 24.7. The standard InChI is InChI=1S/C36H34N2OS/c1-35(2,3)24-15-16-37-30(20-24)23-17-22-11-7-8-12-26(22)28(18-23)29-19-25(36(4,5)6)21-32-33(29)38-34(40-32)27-13-9-10-14-31(27)39/h7-21,39H,1-6H3. The maximum Gasteiger partial charge on any atom is 0.128 e. The van der Waals surface area contributed by atoms with Crippen molar-refractivity contribution in [1.82, 2.24) is 9.97 Å². The maximum absolute atomic E-state index is 10.6. The predicted octanol–water partition coefficient (Wildman–Crippen LogP) is 10.1. The molecule has 4 aromatic carbocycles. The Kier molecular flexibility index (Phi) is 6.27. The molecule has 0 aliphatic carbocycles. The molecule has 0 aliphatic heterocycles. The number of rotatable bonds is 3. The van der Waals surface area contributed by atoms with E-state index < -0.39 is 0 Å². The van der Waals surface area contributed by atoms with E-state index in [1.807, 2.05) is 24.4 Å². The van der Waals surface area contributed by atoms with Crippen molar-refractivity contribution in [1.29, 1.82) is 0 Å². The first-order valence-electron chi connectivity index (χ1n) is 13.7. The highest BCUT2D eigenvalue weighted by atomic mass is 32.1. The van der Waals surface area contributed by atoms with Crippen molar-refractivity contribution in [2.75, 3.05) is 0 Å². The first kappa shape index (κ1) is 26.2. The van der Waals surface area contributed by atoms with Crippen molar-refractivity contribution < 1.29 is 5.11 Å². The summed E-state index contributed by atoms with van der Waals surface area (Å²) in [6.07, 6.45) is 1.92. The Morgan fingerprint density at radius 2 is 1.40 bits per heavy atom. The number of aromatic nitrogens is 2. The lowest BCUT2D eigenvalue weighted by Crippen LogP contribution is -2.11. The Hall–Kier alpha value is -4.02. The van der Waals surface area contributed by atoms with E-state index in [9.17, 15) is 5.11 Å². The quantitative estimate of drug-likeness (QED) is 0.242. The number of hydrogen-bond donors (Lipinski definition) is 1. The highest BCUT2D eigenvalue weighted by molar-refractivity contribution is 7.21. The van der Waals surface area contributed by atoms with Crippen molar-refractivity contribution in [3.63, 3.8) is 0 Å². The van der Waals surface area contributed by atoms with Gasteiger partial charge in [-0.3, -0.25) is 4.98 Å². The summed E-state index contributed by atoms with van der Waals surface area (Å²) in [4.78, 5) is 9.94. The van der Waals surface area contributed by atoms with Gasteiger partial charge < -0.3 is 5.11 Å². The van der Waals surface area contributed by atoms with Gasteiger partial charge in [0.1, 0.15) is 10.8 Å². The van der Waals surface area contributed by atoms with Gasteiger partial charge in [-0.05, 0) is 86.8 Å². The summed E-state index contributed by atoms with van der Waals surface area (Å²) in [7, 11) is 0. The number of nitrogens with zero attached hydrogens (tertiary/aromatic N) is 2. The fourth-order valence-corrected chi connectivity index (χ4v) is 6.24. The number of benzene rings is 4. The molecule has 4 heteroatoms. The number of aromatic hydroxyl groups is 1. The van der Waals surface area contributed by atoms with Crippen molar-refractivity contribution in [2.45, 2.75) is 52.4 Å². The maximum atomic E-state index is 10.6. The average Bonchev–Trinajstić information content (AvgIpc) is 3.35. The van der Waals surface area contributed by atoms with Crippen LogP contribution in [0.2, 0.25) is 0 Å². The third-order valence-electron chi connectivity index (χ3n) is 7.57. The average molecular weight is 543 g/mol. The molecule has 2 aromatic heterocycles. The topological polar surface area (TPSA) is 46.0 Å². The summed E-state index contributed by atoms with van der Waals surface area (Å²) in [5.41, 5.74) is 8.51. The van der Waals surface area contributed by atoms with Crippen LogP contribution in [0.5, 0.6) is 5.75 Å². The zero-order valence-electron chi connectivity index (χ0n) is 23.9. The monoisotopic (exact) mass is 542 g/mol. The highest BCUT2D eigenvalue weighted by Crippen LogP contribution is 2.43. The van der Waals surface area contributed by atoms with Crippen molar-refractivity contribution >= 4 is 32.3 Å². The molecule has 1 N–H and O–H groups in total. The van der Waals surface area contributed by atoms with Crippen LogP contribution >= 0.6 is 11.3 Å². The van der Waals surface area contributed by atoms with Crippen LogP contribution in [0, 0.1) is 0 Å². The first-order chi connectivity index (χ1) is 19.0. The summed E-state index contributed by atoms with van der Waals surface area (Å²) < 4.78 is 1.11. The van der Waals surface area contributed by atoms with E-state index >= 15 is 0 Å². The number of phenols is 1.